The normalized spacial score (nSPS) is 21.3. The van der Waals surface area contributed by atoms with Gasteiger partial charge in [0, 0.05) is 33.6 Å². The predicted molar refractivity (Wildman–Crippen MR) is 106 cm³/mol. The molecule has 0 heterocycles. The van der Waals surface area contributed by atoms with E-state index in [1.165, 1.54) is 25.7 Å². The molecule has 23 heavy (non-hydrogen) atoms. The van der Waals surface area contributed by atoms with Crippen LogP contribution in [-0.2, 0) is 9.53 Å². The third-order valence-electron chi connectivity index (χ3n) is 4.39. The standard InChI is InChI=1S/C17H33N3O2.HI/c1-5-22-16(21)7-6-12-19-17(18-3)20(4)13-15-10-8-14(2)9-11-15;/h14-15H,5-13H2,1-4H3,(H,18,19);1H. The van der Waals surface area contributed by atoms with Crippen molar-refractivity contribution < 1.29 is 9.53 Å². The van der Waals surface area contributed by atoms with E-state index in [-0.39, 0.29) is 29.9 Å². The largest absolute Gasteiger partial charge is 0.466 e. The van der Waals surface area contributed by atoms with Crippen LogP contribution in [0.1, 0.15) is 52.4 Å². The average Bonchev–Trinajstić information content (AvgIpc) is 2.50. The predicted octanol–water partition coefficient (Wildman–Crippen LogP) is 3.28. The molecule has 1 aliphatic carbocycles. The van der Waals surface area contributed by atoms with Crippen molar-refractivity contribution in [1.29, 1.82) is 0 Å². The first kappa shape index (κ1) is 22.5. The highest BCUT2D eigenvalue weighted by Gasteiger charge is 2.20. The van der Waals surface area contributed by atoms with Gasteiger partial charge in [-0.25, -0.2) is 0 Å². The summed E-state index contributed by atoms with van der Waals surface area (Å²) in [7, 11) is 3.91. The van der Waals surface area contributed by atoms with E-state index >= 15 is 0 Å². The monoisotopic (exact) mass is 439 g/mol. The van der Waals surface area contributed by atoms with Gasteiger partial charge in [-0.2, -0.15) is 0 Å². The number of hydrogen-bond donors (Lipinski definition) is 1. The molecule has 136 valence electrons. The summed E-state index contributed by atoms with van der Waals surface area (Å²) >= 11 is 0. The van der Waals surface area contributed by atoms with Gasteiger partial charge in [-0.1, -0.05) is 19.8 Å². The number of aliphatic imine (C=N–C) groups is 1. The van der Waals surface area contributed by atoms with Crippen molar-refractivity contribution in [1.82, 2.24) is 10.2 Å². The molecule has 1 saturated carbocycles. The SMILES string of the molecule is CCOC(=O)CCCNC(=NC)N(C)CC1CCC(C)CC1.I. The molecule has 0 saturated heterocycles. The van der Waals surface area contributed by atoms with Crippen molar-refractivity contribution in [3.63, 3.8) is 0 Å². The lowest BCUT2D eigenvalue weighted by molar-refractivity contribution is -0.143. The Kier molecular flexibility index (Phi) is 12.5. The number of carbonyl (C=O) groups excluding carboxylic acids is 1. The minimum atomic E-state index is -0.121. The van der Waals surface area contributed by atoms with Crippen molar-refractivity contribution in [2.24, 2.45) is 16.8 Å². The van der Waals surface area contributed by atoms with E-state index in [9.17, 15) is 4.79 Å². The molecule has 0 amide bonds. The zero-order valence-electron chi connectivity index (χ0n) is 15.1. The van der Waals surface area contributed by atoms with E-state index in [1.807, 2.05) is 14.0 Å². The topological polar surface area (TPSA) is 53.9 Å². The molecule has 0 spiro atoms. The average molecular weight is 439 g/mol. The lowest BCUT2D eigenvalue weighted by atomic mass is 9.83. The number of esters is 1. The van der Waals surface area contributed by atoms with Gasteiger partial charge in [-0.15, -0.1) is 24.0 Å². The molecule has 0 bridgehead atoms. The van der Waals surface area contributed by atoms with E-state index in [0.717, 1.165) is 37.3 Å². The molecule has 0 atom stereocenters. The highest BCUT2D eigenvalue weighted by molar-refractivity contribution is 14.0. The maximum Gasteiger partial charge on any atom is 0.305 e. The summed E-state index contributed by atoms with van der Waals surface area (Å²) in [4.78, 5) is 17.8. The van der Waals surface area contributed by atoms with Crippen molar-refractivity contribution in [2.45, 2.75) is 52.4 Å². The first-order valence-electron chi connectivity index (χ1n) is 8.64. The Morgan fingerprint density at radius 1 is 1.30 bits per heavy atom. The highest BCUT2D eigenvalue weighted by atomic mass is 127. The fourth-order valence-corrected chi connectivity index (χ4v) is 3.04. The molecule has 0 aromatic heterocycles. The van der Waals surface area contributed by atoms with Gasteiger partial charge in [0.1, 0.15) is 0 Å². The van der Waals surface area contributed by atoms with Crippen LogP contribution in [0, 0.1) is 11.8 Å². The summed E-state index contributed by atoms with van der Waals surface area (Å²) in [6.07, 6.45) is 6.58. The van der Waals surface area contributed by atoms with Crippen molar-refractivity contribution in [3.8, 4) is 0 Å². The maximum absolute atomic E-state index is 11.3. The Hall–Kier alpha value is -0.530. The molecule has 0 unspecified atom stereocenters. The van der Waals surface area contributed by atoms with Crippen LogP contribution in [0.25, 0.3) is 0 Å². The number of nitrogens with one attached hydrogen (secondary N) is 1. The molecule has 0 aromatic carbocycles. The van der Waals surface area contributed by atoms with Gasteiger partial charge in [-0.05, 0) is 38.0 Å². The van der Waals surface area contributed by atoms with Gasteiger partial charge >= 0.3 is 5.97 Å². The molecule has 1 rings (SSSR count). The van der Waals surface area contributed by atoms with Gasteiger partial charge in [0.05, 0.1) is 6.61 Å². The molecular weight excluding hydrogens is 405 g/mol. The molecule has 0 radical (unpaired) electrons. The molecule has 1 fully saturated rings. The zero-order chi connectivity index (χ0) is 16.4. The van der Waals surface area contributed by atoms with Crippen LogP contribution >= 0.6 is 24.0 Å². The van der Waals surface area contributed by atoms with Crippen LogP contribution in [0.4, 0.5) is 0 Å². The van der Waals surface area contributed by atoms with Gasteiger partial charge in [0.15, 0.2) is 5.96 Å². The molecular formula is C17H34IN3O2. The number of rotatable bonds is 7. The molecule has 1 N–H and O–H groups in total. The lowest BCUT2D eigenvalue weighted by Crippen LogP contribution is -2.42. The number of halogens is 1. The molecule has 5 nitrogen and oxygen atoms in total. The first-order valence-corrected chi connectivity index (χ1v) is 8.64. The van der Waals surface area contributed by atoms with Gasteiger partial charge in [0.2, 0.25) is 0 Å². The Balaban J connectivity index is 0.00000484. The number of ether oxygens (including phenoxy) is 1. The molecule has 6 heteroatoms. The van der Waals surface area contributed by atoms with Crippen LogP contribution in [-0.4, -0.2) is 50.6 Å². The first-order chi connectivity index (χ1) is 10.6. The second-order valence-corrected chi connectivity index (χ2v) is 6.39. The minimum absolute atomic E-state index is 0. The molecule has 1 aliphatic rings. The van der Waals surface area contributed by atoms with Gasteiger partial charge < -0.3 is 15.0 Å². The Labute approximate surface area is 158 Å². The third kappa shape index (κ3) is 9.37. The van der Waals surface area contributed by atoms with Crippen LogP contribution in [0.5, 0.6) is 0 Å². The Morgan fingerprint density at radius 3 is 2.52 bits per heavy atom. The number of hydrogen-bond acceptors (Lipinski definition) is 3. The van der Waals surface area contributed by atoms with Crippen molar-refractivity contribution in [2.75, 3.05) is 33.8 Å². The van der Waals surface area contributed by atoms with E-state index in [2.05, 4.69) is 29.2 Å². The van der Waals surface area contributed by atoms with Crippen molar-refractivity contribution >= 4 is 35.9 Å². The summed E-state index contributed by atoms with van der Waals surface area (Å²) in [6, 6.07) is 0. The van der Waals surface area contributed by atoms with E-state index in [0.29, 0.717) is 13.0 Å². The van der Waals surface area contributed by atoms with Crippen LogP contribution in [0.15, 0.2) is 4.99 Å². The lowest BCUT2D eigenvalue weighted by Gasteiger charge is -2.31. The van der Waals surface area contributed by atoms with Crippen molar-refractivity contribution in [3.05, 3.63) is 0 Å². The second kappa shape index (κ2) is 12.8. The second-order valence-electron chi connectivity index (χ2n) is 6.39. The molecule has 0 aromatic rings. The fourth-order valence-electron chi connectivity index (χ4n) is 3.04. The third-order valence-corrected chi connectivity index (χ3v) is 4.39. The van der Waals surface area contributed by atoms with E-state index < -0.39 is 0 Å². The summed E-state index contributed by atoms with van der Waals surface area (Å²) in [5, 5.41) is 3.33. The Bertz CT molecular complexity index is 356. The quantitative estimate of drug-likeness (QED) is 0.218. The Morgan fingerprint density at radius 2 is 1.96 bits per heavy atom. The van der Waals surface area contributed by atoms with Gasteiger partial charge in [0.25, 0.3) is 0 Å². The number of nitrogens with zero attached hydrogens (tertiary/aromatic N) is 2. The van der Waals surface area contributed by atoms with Crippen LogP contribution < -0.4 is 5.32 Å². The number of carbonyl (C=O) groups is 1. The molecule has 0 aliphatic heterocycles. The highest BCUT2D eigenvalue weighted by Crippen LogP contribution is 2.28. The van der Waals surface area contributed by atoms with Crippen LogP contribution in [0.3, 0.4) is 0 Å². The van der Waals surface area contributed by atoms with E-state index in [4.69, 9.17) is 4.74 Å². The van der Waals surface area contributed by atoms with Gasteiger partial charge in [-0.3, -0.25) is 9.79 Å². The number of guanidine groups is 1. The maximum atomic E-state index is 11.3. The summed E-state index contributed by atoms with van der Waals surface area (Å²) < 4.78 is 4.92. The summed E-state index contributed by atoms with van der Waals surface area (Å²) in [5.74, 6) is 2.47. The minimum Gasteiger partial charge on any atom is -0.466 e. The fraction of sp³-hybridized carbons (Fsp3) is 0.882. The summed E-state index contributed by atoms with van der Waals surface area (Å²) in [5.41, 5.74) is 0. The van der Waals surface area contributed by atoms with E-state index in [1.54, 1.807) is 0 Å². The smallest absolute Gasteiger partial charge is 0.305 e. The summed E-state index contributed by atoms with van der Waals surface area (Å²) in [6.45, 7) is 6.45. The zero-order valence-corrected chi connectivity index (χ0v) is 17.5. The van der Waals surface area contributed by atoms with Crippen LogP contribution in [0.2, 0.25) is 0 Å².